The number of aromatic hydroxyl groups is 1. The average molecular weight is 419 g/mol. The van der Waals surface area contributed by atoms with E-state index in [0.717, 1.165) is 43.0 Å². The maximum Gasteiger partial charge on any atom is 0.304 e. The number of carboxylic acids is 1. The van der Waals surface area contributed by atoms with E-state index < -0.39 is 5.97 Å². The molecule has 0 aliphatic carbocycles. The van der Waals surface area contributed by atoms with Crippen molar-refractivity contribution in [3.05, 3.63) is 54.6 Å². The van der Waals surface area contributed by atoms with Crippen LogP contribution in [-0.2, 0) is 4.79 Å². The van der Waals surface area contributed by atoms with Gasteiger partial charge in [0, 0.05) is 49.5 Å². The molecule has 3 aromatic rings. The number of carboxylic acid groups (broad SMARTS) is 1. The molecule has 4 N–H and O–H groups in total. The molecule has 0 atom stereocenters. The number of nitrogens with zero attached hydrogens (tertiary/aromatic N) is 4. The SMILES string of the molecule is Nc1nnc(-c2ccccc2O)cc1-c1ccc(N2CCN(CCC(=O)O)CC2)cc1. The van der Waals surface area contributed by atoms with Gasteiger partial charge in [0.05, 0.1) is 12.1 Å². The monoisotopic (exact) mass is 419 g/mol. The van der Waals surface area contributed by atoms with Gasteiger partial charge in [0.2, 0.25) is 0 Å². The van der Waals surface area contributed by atoms with Gasteiger partial charge in [0.25, 0.3) is 0 Å². The zero-order valence-electron chi connectivity index (χ0n) is 17.1. The summed E-state index contributed by atoms with van der Waals surface area (Å²) in [5.41, 5.74) is 10.1. The minimum atomic E-state index is -0.756. The summed E-state index contributed by atoms with van der Waals surface area (Å²) in [5, 5.41) is 27.2. The fourth-order valence-electron chi connectivity index (χ4n) is 3.79. The van der Waals surface area contributed by atoms with E-state index in [1.165, 1.54) is 0 Å². The van der Waals surface area contributed by atoms with Crippen LogP contribution in [0.3, 0.4) is 0 Å². The number of para-hydroxylation sites is 1. The van der Waals surface area contributed by atoms with Crippen molar-refractivity contribution in [3.8, 4) is 28.1 Å². The molecule has 2 heterocycles. The van der Waals surface area contributed by atoms with Crippen molar-refractivity contribution in [1.82, 2.24) is 15.1 Å². The molecule has 1 aromatic heterocycles. The van der Waals surface area contributed by atoms with Crippen LogP contribution in [-0.4, -0.2) is 64.0 Å². The van der Waals surface area contributed by atoms with Gasteiger partial charge < -0.3 is 20.8 Å². The van der Waals surface area contributed by atoms with Crippen LogP contribution in [0.2, 0.25) is 0 Å². The van der Waals surface area contributed by atoms with Crippen LogP contribution < -0.4 is 10.6 Å². The number of nitrogen functional groups attached to an aromatic ring is 1. The van der Waals surface area contributed by atoms with Crippen LogP contribution in [0.5, 0.6) is 5.75 Å². The van der Waals surface area contributed by atoms with Gasteiger partial charge in [-0.05, 0) is 35.9 Å². The van der Waals surface area contributed by atoms with E-state index in [9.17, 15) is 9.90 Å². The molecule has 0 amide bonds. The summed E-state index contributed by atoms with van der Waals surface area (Å²) in [6.45, 7) is 4.00. The van der Waals surface area contributed by atoms with E-state index >= 15 is 0 Å². The second-order valence-electron chi connectivity index (χ2n) is 7.56. The highest BCUT2D eigenvalue weighted by Gasteiger charge is 2.18. The van der Waals surface area contributed by atoms with Gasteiger partial charge in [-0.1, -0.05) is 24.3 Å². The van der Waals surface area contributed by atoms with Gasteiger partial charge in [-0.3, -0.25) is 9.69 Å². The van der Waals surface area contributed by atoms with E-state index in [-0.39, 0.29) is 12.2 Å². The number of phenols is 1. The summed E-state index contributed by atoms with van der Waals surface area (Å²) < 4.78 is 0. The number of hydrogen-bond acceptors (Lipinski definition) is 7. The summed E-state index contributed by atoms with van der Waals surface area (Å²) in [6.07, 6.45) is 0.179. The van der Waals surface area contributed by atoms with E-state index in [0.29, 0.717) is 23.6 Å². The van der Waals surface area contributed by atoms with Crippen LogP contribution in [0.25, 0.3) is 22.4 Å². The number of benzene rings is 2. The topological polar surface area (TPSA) is 116 Å². The number of rotatable bonds is 6. The molecule has 0 bridgehead atoms. The number of hydrogen-bond donors (Lipinski definition) is 3. The second-order valence-corrected chi connectivity index (χ2v) is 7.56. The second kappa shape index (κ2) is 9.01. The van der Waals surface area contributed by atoms with Gasteiger partial charge in [-0.2, -0.15) is 0 Å². The maximum absolute atomic E-state index is 10.8. The summed E-state index contributed by atoms with van der Waals surface area (Å²) in [5.74, 6) is -0.280. The Hall–Kier alpha value is -3.65. The van der Waals surface area contributed by atoms with E-state index in [4.69, 9.17) is 10.8 Å². The molecule has 2 aromatic carbocycles. The highest BCUT2D eigenvalue weighted by Crippen LogP contribution is 2.32. The summed E-state index contributed by atoms with van der Waals surface area (Å²) >= 11 is 0. The Morgan fingerprint density at radius 3 is 2.35 bits per heavy atom. The first-order chi connectivity index (χ1) is 15.0. The van der Waals surface area contributed by atoms with Crippen LogP contribution in [0.4, 0.5) is 11.5 Å². The van der Waals surface area contributed by atoms with Crippen LogP contribution in [0.1, 0.15) is 6.42 Å². The predicted molar refractivity (Wildman–Crippen MR) is 120 cm³/mol. The number of aromatic nitrogens is 2. The third-order valence-electron chi connectivity index (χ3n) is 5.56. The van der Waals surface area contributed by atoms with Gasteiger partial charge in [-0.15, -0.1) is 10.2 Å². The number of aliphatic carboxylic acids is 1. The highest BCUT2D eigenvalue weighted by atomic mass is 16.4. The normalized spacial score (nSPS) is 14.5. The van der Waals surface area contributed by atoms with Gasteiger partial charge in [0.1, 0.15) is 5.75 Å². The first-order valence-electron chi connectivity index (χ1n) is 10.2. The molecule has 1 aliphatic rings. The molecule has 160 valence electrons. The Bertz CT molecular complexity index is 1060. The van der Waals surface area contributed by atoms with Crippen molar-refractivity contribution >= 4 is 17.5 Å². The number of anilines is 2. The Morgan fingerprint density at radius 2 is 1.68 bits per heavy atom. The molecule has 1 fully saturated rings. The van der Waals surface area contributed by atoms with Crippen molar-refractivity contribution < 1.29 is 15.0 Å². The molecule has 0 radical (unpaired) electrons. The Kier molecular flexibility index (Phi) is 5.99. The van der Waals surface area contributed by atoms with Crippen LogP contribution in [0, 0.1) is 0 Å². The lowest BCUT2D eigenvalue weighted by molar-refractivity contribution is -0.137. The molecule has 31 heavy (non-hydrogen) atoms. The van der Waals surface area contributed by atoms with Crippen LogP contribution >= 0.6 is 0 Å². The summed E-state index contributed by atoms with van der Waals surface area (Å²) in [7, 11) is 0. The predicted octanol–water partition coefficient (Wildman–Crippen LogP) is 2.70. The lowest BCUT2D eigenvalue weighted by Crippen LogP contribution is -2.46. The Morgan fingerprint density at radius 1 is 0.968 bits per heavy atom. The third-order valence-corrected chi connectivity index (χ3v) is 5.56. The molecule has 1 saturated heterocycles. The molecular weight excluding hydrogens is 394 g/mol. The molecule has 4 rings (SSSR count). The van der Waals surface area contributed by atoms with Crippen molar-refractivity contribution in [2.75, 3.05) is 43.4 Å². The van der Waals surface area contributed by atoms with Gasteiger partial charge >= 0.3 is 5.97 Å². The van der Waals surface area contributed by atoms with Gasteiger partial charge in [0.15, 0.2) is 5.82 Å². The van der Waals surface area contributed by atoms with E-state index in [1.807, 2.05) is 24.3 Å². The van der Waals surface area contributed by atoms with Crippen molar-refractivity contribution in [2.45, 2.75) is 6.42 Å². The number of carbonyl (C=O) groups is 1. The minimum absolute atomic E-state index is 0.144. The maximum atomic E-state index is 10.8. The first-order valence-corrected chi connectivity index (χ1v) is 10.2. The molecule has 8 nitrogen and oxygen atoms in total. The standard InChI is InChI=1S/C23H25N5O3/c24-23-19(15-20(25-26-23)18-3-1-2-4-21(18)29)16-5-7-17(8-6-16)28-13-11-27(12-14-28)10-9-22(30)31/h1-8,15,29H,9-14H2,(H2,24,26)(H,30,31). The zero-order chi connectivity index (χ0) is 21.8. The fourth-order valence-corrected chi connectivity index (χ4v) is 3.79. The first kappa shape index (κ1) is 20.6. The smallest absolute Gasteiger partial charge is 0.304 e. The molecular formula is C23H25N5O3. The fraction of sp³-hybridized carbons (Fsp3) is 0.261. The lowest BCUT2D eigenvalue weighted by atomic mass is 10.0. The number of phenolic OH excluding ortho intramolecular Hbond substituents is 1. The van der Waals surface area contributed by atoms with Crippen molar-refractivity contribution in [2.24, 2.45) is 0 Å². The number of piperazine rings is 1. The van der Waals surface area contributed by atoms with Crippen LogP contribution in [0.15, 0.2) is 54.6 Å². The van der Waals surface area contributed by atoms with Crippen molar-refractivity contribution in [3.63, 3.8) is 0 Å². The van der Waals surface area contributed by atoms with Gasteiger partial charge in [-0.25, -0.2) is 0 Å². The summed E-state index contributed by atoms with van der Waals surface area (Å²) in [4.78, 5) is 15.2. The van der Waals surface area contributed by atoms with E-state index in [2.05, 4.69) is 32.1 Å². The minimum Gasteiger partial charge on any atom is -0.507 e. The van der Waals surface area contributed by atoms with Crippen molar-refractivity contribution in [1.29, 1.82) is 0 Å². The molecule has 0 unspecified atom stereocenters. The van der Waals surface area contributed by atoms with E-state index in [1.54, 1.807) is 18.2 Å². The molecule has 0 saturated carbocycles. The number of nitrogens with two attached hydrogens (primary N) is 1. The average Bonchev–Trinajstić information content (AvgIpc) is 2.79. The Labute approximate surface area is 180 Å². The lowest BCUT2D eigenvalue weighted by Gasteiger charge is -2.36. The largest absolute Gasteiger partial charge is 0.507 e. The molecule has 1 aliphatic heterocycles. The molecule has 0 spiro atoms. The quantitative estimate of drug-likeness (QED) is 0.559. The Balaban J connectivity index is 1.48. The third kappa shape index (κ3) is 4.75. The summed E-state index contributed by atoms with van der Waals surface area (Å²) in [6, 6.07) is 17.0. The molecule has 8 heteroatoms. The highest BCUT2D eigenvalue weighted by molar-refractivity contribution is 5.79. The zero-order valence-corrected chi connectivity index (χ0v) is 17.1.